The number of rotatable bonds is 2. The lowest BCUT2D eigenvalue weighted by Gasteiger charge is -2.16. The highest BCUT2D eigenvalue weighted by Gasteiger charge is 2.19. The fourth-order valence-electron chi connectivity index (χ4n) is 3.72. The summed E-state index contributed by atoms with van der Waals surface area (Å²) in [6.45, 7) is 0. The maximum atomic E-state index is 3.79. The van der Waals surface area contributed by atoms with Gasteiger partial charge in [-0.05, 0) is 43.4 Å². The van der Waals surface area contributed by atoms with Gasteiger partial charge in [-0.2, -0.15) is 0 Å². The molecular formula is C24H15BrS. The molecule has 5 aromatic rings. The zero-order valence-corrected chi connectivity index (χ0v) is 16.3. The van der Waals surface area contributed by atoms with Crippen LogP contribution in [0.4, 0.5) is 0 Å². The van der Waals surface area contributed by atoms with Gasteiger partial charge in [0.25, 0.3) is 0 Å². The Morgan fingerprint density at radius 1 is 0.577 bits per heavy atom. The van der Waals surface area contributed by atoms with Gasteiger partial charge < -0.3 is 0 Å². The minimum Gasteiger partial charge on any atom is -0.142 e. The fraction of sp³-hybridized carbons (Fsp3) is 0. The van der Waals surface area contributed by atoms with Crippen LogP contribution in [0, 0.1) is 0 Å². The Labute approximate surface area is 164 Å². The molecule has 0 spiro atoms. The molecule has 0 fully saturated rings. The van der Waals surface area contributed by atoms with Gasteiger partial charge in [-0.15, -0.1) is 11.3 Å². The van der Waals surface area contributed by atoms with E-state index in [1.165, 1.54) is 47.6 Å². The Morgan fingerprint density at radius 2 is 1.12 bits per heavy atom. The van der Waals surface area contributed by atoms with Gasteiger partial charge in [-0.3, -0.25) is 0 Å². The summed E-state index contributed by atoms with van der Waals surface area (Å²) in [5.41, 5.74) is 5.15. The van der Waals surface area contributed by atoms with Gasteiger partial charge >= 0.3 is 0 Å². The summed E-state index contributed by atoms with van der Waals surface area (Å²) in [5, 5.41) is 6.11. The highest BCUT2D eigenvalue weighted by molar-refractivity contribution is 9.10. The van der Waals surface area contributed by atoms with E-state index in [9.17, 15) is 0 Å². The molecule has 0 atom stereocenters. The molecule has 0 aliphatic carbocycles. The van der Waals surface area contributed by atoms with Gasteiger partial charge in [-0.1, -0.05) is 84.9 Å². The van der Waals surface area contributed by atoms with E-state index in [1.54, 1.807) is 0 Å². The summed E-state index contributed by atoms with van der Waals surface area (Å²) in [6.07, 6.45) is 0. The van der Waals surface area contributed by atoms with Crippen LogP contribution in [0.5, 0.6) is 0 Å². The van der Waals surface area contributed by atoms with Crippen LogP contribution in [0.15, 0.2) is 94.8 Å². The molecule has 0 radical (unpaired) electrons. The predicted molar refractivity (Wildman–Crippen MR) is 118 cm³/mol. The van der Waals surface area contributed by atoms with E-state index in [-0.39, 0.29) is 0 Å². The molecule has 26 heavy (non-hydrogen) atoms. The van der Waals surface area contributed by atoms with Crippen molar-refractivity contribution in [2.75, 3.05) is 0 Å². The minimum atomic E-state index is 1.17. The molecule has 0 saturated carbocycles. The summed E-state index contributed by atoms with van der Waals surface area (Å²) < 4.78 is 2.51. The lowest BCUT2D eigenvalue weighted by Crippen LogP contribution is -1.89. The Kier molecular flexibility index (Phi) is 3.88. The Hall–Kier alpha value is -2.42. The molecule has 0 amide bonds. The minimum absolute atomic E-state index is 1.17. The summed E-state index contributed by atoms with van der Waals surface area (Å²) in [6, 6.07) is 30.2. The summed E-state index contributed by atoms with van der Waals surface area (Å²) in [5.74, 6) is 0. The molecule has 0 aliphatic heterocycles. The number of halogens is 1. The van der Waals surface area contributed by atoms with Crippen LogP contribution in [0.3, 0.4) is 0 Å². The van der Waals surface area contributed by atoms with Crippen molar-refractivity contribution >= 4 is 48.1 Å². The first-order chi connectivity index (χ1) is 12.8. The molecule has 2 heteroatoms. The molecule has 4 aromatic carbocycles. The number of thiophene rings is 1. The standard InChI is InChI=1S/C24H15BrS/c25-20-15-26-24-22(17-11-5-2-6-12-17)21(16-9-3-1-4-10-16)18-13-7-8-14-19(18)23(20)24/h1-15H. The fourth-order valence-corrected chi connectivity index (χ4v) is 5.56. The van der Waals surface area contributed by atoms with Crippen molar-refractivity contribution in [3.05, 3.63) is 94.8 Å². The summed E-state index contributed by atoms with van der Waals surface area (Å²) >= 11 is 5.60. The Bertz CT molecular complexity index is 1220. The first kappa shape index (κ1) is 15.8. The van der Waals surface area contributed by atoms with Gasteiger partial charge in [0, 0.05) is 25.5 Å². The van der Waals surface area contributed by atoms with E-state index in [2.05, 4.69) is 106 Å². The third kappa shape index (κ3) is 2.41. The maximum Gasteiger partial charge on any atom is 0.0445 e. The second-order valence-corrected chi connectivity index (χ2v) is 8.05. The van der Waals surface area contributed by atoms with E-state index in [1.807, 2.05) is 11.3 Å². The van der Waals surface area contributed by atoms with Gasteiger partial charge in [0.2, 0.25) is 0 Å². The lowest BCUT2D eigenvalue weighted by atomic mass is 9.88. The molecule has 0 aliphatic rings. The highest BCUT2D eigenvalue weighted by Crippen LogP contribution is 2.48. The number of benzene rings is 4. The van der Waals surface area contributed by atoms with E-state index < -0.39 is 0 Å². The molecule has 1 heterocycles. The lowest BCUT2D eigenvalue weighted by molar-refractivity contribution is 1.64. The largest absolute Gasteiger partial charge is 0.142 e. The zero-order valence-electron chi connectivity index (χ0n) is 13.9. The van der Waals surface area contributed by atoms with Crippen molar-refractivity contribution in [2.45, 2.75) is 0 Å². The average Bonchev–Trinajstić information content (AvgIpc) is 3.10. The van der Waals surface area contributed by atoms with Gasteiger partial charge in [-0.25, -0.2) is 0 Å². The number of hydrogen-bond acceptors (Lipinski definition) is 1. The molecule has 0 bridgehead atoms. The van der Waals surface area contributed by atoms with Crippen LogP contribution < -0.4 is 0 Å². The van der Waals surface area contributed by atoms with Crippen LogP contribution in [-0.2, 0) is 0 Å². The molecule has 0 nitrogen and oxygen atoms in total. The first-order valence-electron chi connectivity index (χ1n) is 8.57. The van der Waals surface area contributed by atoms with Crippen molar-refractivity contribution < 1.29 is 0 Å². The van der Waals surface area contributed by atoms with E-state index in [0.717, 1.165) is 0 Å². The molecule has 5 rings (SSSR count). The SMILES string of the molecule is Brc1csc2c(-c3ccccc3)c(-c3ccccc3)c3ccccc3c12. The van der Waals surface area contributed by atoms with E-state index >= 15 is 0 Å². The topological polar surface area (TPSA) is 0 Å². The van der Waals surface area contributed by atoms with Gasteiger partial charge in [0.15, 0.2) is 0 Å². The van der Waals surface area contributed by atoms with Crippen LogP contribution in [0.1, 0.15) is 0 Å². The van der Waals surface area contributed by atoms with E-state index in [4.69, 9.17) is 0 Å². The smallest absolute Gasteiger partial charge is 0.0445 e. The predicted octanol–water partition coefficient (Wildman–Crippen LogP) is 8.15. The number of fused-ring (bicyclic) bond motifs is 3. The molecular weight excluding hydrogens is 400 g/mol. The van der Waals surface area contributed by atoms with Gasteiger partial charge in [0.05, 0.1) is 0 Å². The third-order valence-corrected chi connectivity index (χ3v) is 6.74. The second-order valence-electron chi connectivity index (χ2n) is 6.32. The molecule has 1 aromatic heterocycles. The third-order valence-electron chi connectivity index (χ3n) is 4.81. The number of hydrogen-bond donors (Lipinski definition) is 0. The van der Waals surface area contributed by atoms with E-state index in [0.29, 0.717) is 0 Å². The molecule has 0 saturated heterocycles. The first-order valence-corrected chi connectivity index (χ1v) is 10.2. The van der Waals surface area contributed by atoms with Crippen molar-refractivity contribution in [3.63, 3.8) is 0 Å². The van der Waals surface area contributed by atoms with Crippen LogP contribution in [-0.4, -0.2) is 0 Å². The normalized spacial score (nSPS) is 11.3. The van der Waals surface area contributed by atoms with Crippen molar-refractivity contribution in [1.29, 1.82) is 0 Å². The molecule has 0 unspecified atom stereocenters. The summed E-state index contributed by atoms with van der Waals surface area (Å²) in [4.78, 5) is 0. The molecule has 0 N–H and O–H groups in total. The quantitative estimate of drug-likeness (QED) is 0.273. The Morgan fingerprint density at radius 3 is 1.77 bits per heavy atom. The van der Waals surface area contributed by atoms with Crippen LogP contribution >= 0.6 is 27.3 Å². The molecule has 124 valence electrons. The summed E-state index contributed by atoms with van der Waals surface area (Å²) in [7, 11) is 0. The van der Waals surface area contributed by atoms with Crippen molar-refractivity contribution in [1.82, 2.24) is 0 Å². The van der Waals surface area contributed by atoms with Crippen LogP contribution in [0.25, 0.3) is 43.1 Å². The Balaban J connectivity index is 2.06. The van der Waals surface area contributed by atoms with Crippen LogP contribution in [0.2, 0.25) is 0 Å². The monoisotopic (exact) mass is 414 g/mol. The second kappa shape index (κ2) is 6.39. The zero-order chi connectivity index (χ0) is 17.5. The van der Waals surface area contributed by atoms with Gasteiger partial charge in [0.1, 0.15) is 0 Å². The maximum absolute atomic E-state index is 3.79. The average molecular weight is 415 g/mol. The van der Waals surface area contributed by atoms with Crippen molar-refractivity contribution in [2.24, 2.45) is 0 Å². The van der Waals surface area contributed by atoms with Crippen molar-refractivity contribution in [3.8, 4) is 22.3 Å². The highest BCUT2D eigenvalue weighted by atomic mass is 79.9.